The lowest BCUT2D eigenvalue weighted by Crippen LogP contribution is -2.36. The van der Waals surface area contributed by atoms with Crippen LogP contribution in [0, 0.1) is 5.92 Å². The zero-order valence-electron chi connectivity index (χ0n) is 14.0. The number of hydrogen-bond acceptors (Lipinski definition) is 2. The number of benzene rings is 1. The Bertz CT molecular complexity index is 871. The van der Waals surface area contributed by atoms with Crippen LogP contribution in [0.1, 0.15) is 35.4 Å². The number of likely N-dealkylation sites (N-methyl/N-ethyl adjacent to an activating group) is 1. The molecule has 1 aliphatic carbocycles. The van der Waals surface area contributed by atoms with Gasteiger partial charge in [0.15, 0.2) is 5.78 Å². The van der Waals surface area contributed by atoms with Crippen LogP contribution in [0.15, 0.2) is 48.1 Å². The van der Waals surface area contributed by atoms with E-state index in [1.54, 1.807) is 0 Å². The number of hydrogen-bond donors (Lipinski definition) is 0. The molecule has 0 N–H and O–H groups in total. The third kappa shape index (κ3) is 1.83. The summed E-state index contributed by atoms with van der Waals surface area (Å²) in [6.45, 7) is 7.38. The average molecular weight is 306 g/mol. The molecule has 2 aromatic rings. The van der Waals surface area contributed by atoms with Crippen molar-refractivity contribution < 1.29 is 4.79 Å². The Hall–Kier alpha value is -2.13. The number of nitrogens with zero attached hydrogens (tertiary/aromatic N) is 2. The van der Waals surface area contributed by atoms with Gasteiger partial charge in [-0.1, -0.05) is 36.4 Å². The second kappa shape index (κ2) is 4.93. The van der Waals surface area contributed by atoms with Gasteiger partial charge in [-0.05, 0) is 25.6 Å². The molecule has 2 atom stereocenters. The van der Waals surface area contributed by atoms with Gasteiger partial charge in [-0.25, -0.2) is 0 Å². The summed E-state index contributed by atoms with van der Waals surface area (Å²) in [6.07, 6.45) is 2.70. The average Bonchev–Trinajstić information content (AvgIpc) is 2.79. The summed E-state index contributed by atoms with van der Waals surface area (Å²) in [7, 11) is 4.14. The molecule has 0 spiro atoms. The van der Waals surface area contributed by atoms with E-state index in [0.29, 0.717) is 6.42 Å². The summed E-state index contributed by atoms with van der Waals surface area (Å²) in [5, 5.41) is 1.18. The summed E-state index contributed by atoms with van der Waals surface area (Å²) in [4.78, 5) is 15.4. The van der Waals surface area contributed by atoms with Crippen LogP contribution in [0.4, 0.5) is 0 Å². The summed E-state index contributed by atoms with van der Waals surface area (Å²) in [6, 6.07) is 8.44. The van der Waals surface area contributed by atoms with Crippen LogP contribution in [0.2, 0.25) is 0 Å². The molecule has 0 unspecified atom stereocenters. The number of piperidine rings is 1. The van der Waals surface area contributed by atoms with Gasteiger partial charge in [-0.3, -0.25) is 9.69 Å². The number of Topliss-reactive ketones (excluding diaryl/α,β-unsaturated/α-hetero) is 1. The van der Waals surface area contributed by atoms with Crippen LogP contribution in [-0.2, 0) is 7.05 Å². The van der Waals surface area contributed by atoms with Crippen molar-refractivity contribution in [2.45, 2.75) is 19.4 Å². The fourth-order valence-corrected chi connectivity index (χ4v) is 4.48. The monoisotopic (exact) mass is 306 g/mol. The third-order valence-electron chi connectivity index (χ3n) is 5.56. The quantitative estimate of drug-likeness (QED) is 0.690. The first kappa shape index (κ1) is 14.5. The molecule has 1 aromatic carbocycles. The number of ketones is 1. The number of rotatable bonds is 0. The molecule has 0 saturated carbocycles. The van der Waals surface area contributed by atoms with Crippen LogP contribution in [0.3, 0.4) is 0 Å². The number of allylic oxidation sites excluding steroid dienone is 1. The second-order valence-corrected chi connectivity index (χ2v) is 6.77. The molecule has 118 valence electrons. The van der Waals surface area contributed by atoms with Crippen LogP contribution in [0.25, 0.3) is 10.9 Å². The van der Waals surface area contributed by atoms with Crippen LogP contribution < -0.4 is 0 Å². The minimum atomic E-state index is 0.122. The van der Waals surface area contributed by atoms with Gasteiger partial charge >= 0.3 is 0 Å². The van der Waals surface area contributed by atoms with Gasteiger partial charge in [0.05, 0.1) is 11.7 Å². The number of carbonyl (C=O) groups is 1. The zero-order chi connectivity index (χ0) is 16.3. The highest BCUT2D eigenvalue weighted by molar-refractivity contribution is 6.04. The van der Waals surface area contributed by atoms with Crippen molar-refractivity contribution in [3.8, 4) is 0 Å². The van der Waals surface area contributed by atoms with E-state index >= 15 is 0 Å². The standard InChI is InChI=1S/C20H22N2O/c1-5-13-11-21(3)19-12(2)15(13)10-17(23)20-18(19)14-8-6-7-9-16(14)22(20)4/h5-9,15,19H,2,10-11H2,1,3-4H3/b13-5-/t15-,19-/m0/s1. The molecule has 2 aliphatic rings. The topological polar surface area (TPSA) is 25.2 Å². The molecule has 1 aliphatic heterocycles. The number of likely N-dealkylation sites (tertiary alicyclic amines) is 1. The highest BCUT2D eigenvalue weighted by Gasteiger charge is 2.42. The molecule has 1 fully saturated rings. The van der Waals surface area contributed by atoms with E-state index in [2.05, 4.69) is 54.3 Å². The summed E-state index contributed by atoms with van der Waals surface area (Å²) >= 11 is 0. The van der Waals surface area contributed by atoms with Crippen LogP contribution in [-0.4, -0.2) is 28.8 Å². The Labute approximate surface area is 136 Å². The normalized spacial score (nSPS) is 26.7. The van der Waals surface area contributed by atoms with Gasteiger partial charge in [0.25, 0.3) is 0 Å². The van der Waals surface area contributed by atoms with Crippen molar-refractivity contribution in [2.75, 3.05) is 13.6 Å². The Morgan fingerprint density at radius 2 is 2.00 bits per heavy atom. The van der Waals surface area contributed by atoms with E-state index in [1.165, 1.54) is 11.0 Å². The Morgan fingerprint density at radius 3 is 2.74 bits per heavy atom. The zero-order valence-corrected chi connectivity index (χ0v) is 14.0. The van der Waals surface area contributed by atoms with Gasteiger partial charge in [0.2, 0.25) is 0 Å². The molecule has 3 heteroatoms. The first-order chi connectivity index (χ1) is 11.0. The fraction of sp³-hybridized carbons (Fsp3) is 0.350. The van der Waals surface area contributed by atoms with Crippen molar-refractivity contribution in [1.29, 1.82) is 0 Å². The Kier molecular flexibility index (Phi) is 3.10. The van der Waals surface area contributed by atoms with E-state index in [4.69, 9.17) is 0 Å². The smallest absolute Gasteiger partial charge is 0.180 e. The predicted octanol–water partition coefficient (Wildman–Crippen LogP) is 3.87. The molecule has 1 aromatic heterocycles. The maximum atomic E-state index is 13.0. The van der Waals surface area contributed by atoms with E-state index in [0.717, 1.165) is 28.9 Å². The van der Waals surface area contributed by atoms with E-state index in [1.807, 2.05) is 13.1 Å². The molecule has 2 heterocycles. The lowest BCUT2D eigenvalue weighted by Gasteiger charge is -2.39. The van der Waals surface area contributed by atoms with E-state index in [-0.39, 0.29) is 17.7 Å². The van der Waals surface area contributed by atoms with Gasteiger partial charge in [-0.2, -0.15) is 0 Å². The maximum absolute atomic E-state index is 13.0. The van der Waals surface area contributed by atoms with E-state index < -0.39 is 0 Å². The molecule has 0 radical (unpaired) electrons. The van der Waals surface area contributed by atoms with Gasteiger partial charge < -0.3 is 4.57 Å². The molecule has 1 saturated heterocycles. The largest absolute Gasteiger partial charge is 0.341 e. The van der Waals surface area contributed by atoms with Crippen molar-refractivity contribution in [1.82, 2.24) is 9.47 Å². The molecular formula is C20H22N2O. The Balaban J connectivity index is 2.06. The fourth-order valence-electron chi connectivity index (χ4n) is 4.48. The van der Waals surface area contributed by atoms with Gasteiger partial charge in [0.1, 0.15) is 0 Å². The minimum Gasteiger partial charge on any atom is -0.341 e. The van der Waals surface area contributed by atoms with Gasteiger partial charge in [0, 0.05) is 42.4 Å². The molecule has 3 nitrogen and oxygen atoms in total. The van der Waals surface area contributed by atoms with E-state index in [9.17, 15) is 4.79 Å². The molecule has 0 amide bonds. The minimum absolute atomic E-state index is 0.122. The lowest BCUT2D eigenvalue weighted by molar-refractivity contribution is 0.0964. The predicted molar refractivity (Wildman–Crippen MR) is 93.6 cm³/mol. The second-order valence-electron chi connectivity index (χ2n) is 6.77. The highest BCUT2D eigenvalue weighted by atomic mass is 16.1. The van der Waals surface area contributed by atoms with Gasteiger partial charge in [-0.15, -0.1) is 0 Å². The third-order valence-corrected chi connectivity index (χ3v) is 5.56. The van der Waals surface area contributed by atoms with Crippen molar-refractivity contribution in [3.63, 3.8) is 0 Å². The van der Waals surface area contributed by atoms with Crippen LogP contribution in [0.5, 0.6) is 0 Å². The van der Waals surface area contributed by atoms with Crippen molar-refractivity contribution in [3.05, 3.63) is 59.3 Å². The number of aromatic nitrogens is 1. The number of carbonyl (C=O) groups excluding carboxylic acids is 1. The first-order valence-corrected chi connectivity index (χ1v) is 8.19. The van der Waals surface area contributed by atoms with Crippen molar-refractivity contribution in [2.24, 2.45) is 13.0 Å². The molecule has 23 heavy (non-hydrogen) atoms. The first-order valence-electron chi connectivity index (χ1n) is 8.19. The number of aryl methyl sites for hydroxylation is 1. The molecular weight excluding hydrogens is 284 g/mol. The summed E-state index contributed by atoms with van der Waals surface area (Å²) in [5.74, 6) is 0.418. The molecule has 4 rings (SSSR count). The summed E-state index contributed by atoms with van der Waals surface area (Å²) < 4.78 is 2.07. The number of para-hydroxylation sites is 1. The van der Waals surface area contributed by atoms with Crippen molar-refractivity contribution >= 4 is 16.7 Å². The van der Waals surface area contributed by atoms with Crippen LogP contribution >= 0.6 is 0 Å². The number of fused-ring (bicyclic) bond motifs is 6. The highest BCUT2D eigenvalue weighted by Crippen LogP contribution is 2.48. The Morgan fingerprint density at radius 1 is 1.26 bits per heavy atom. The lowest BCUT2D eigenvalue weighted by atomic mass is 9.80. The maximum Gasteiger partial charge on any atom is 0.180 e. The molecule has 2 bridgehead atoms. The SMILES string of the molecule is C=C1[C@@H]2CC(=O)c3c(c4ccccc4n3C)[C@H]1N(C)C/C2=C/C. The summed E-state index contributed by atoms with van der Waals surface area (Å²) in [5.41, 5.74) is 5.62.